The lowest BCUT2D eigenvalue weighted by molar-refractivity contribution is 0.686. The number of nitrogens with two attached hydrogens (primary N) is 1. The van der Waals surface area contributed by atoms with Gasteiger partial charge >= 0.3 is 0 Å². The van der Waals surface area contributed by atoms with Crippen LogP contribution in [0.5, 0.6) is 0 Å². The van der Waals surface area contributed by atoms with Gasteiger partial charge in [0.2, 0.25) is 0 Å². The van der Waals surface area contributed by atoms with Gasteiger partial charge in [0, 0.05) is 23.2 Å². The van der Waals surface area contributed by atoms with Crippen molar-refractivity contribution in [2.45, 2.75) is 12.3 Å². The van der Waals surface area contributed by atoms with Crippen LogP contribution in [0.15, 0.2) is 18.2 Å². The Morgan fingerprint density at radius 3 is 3.15 bits per heavy atom. The highest BCUT2D eigenvalue weighted by Crippen LogP contribution is 2.38. The van der Waals surface area contributed by atoms with Crippen molar-refractivity contribution < 1.29 is 0 Å². The van der Waals surface area contributed by atoms with Crippen molar-refractivity contribution in [2.24, 2.45) is 5.73 Å². The molecule has 0 aliphatic carbocycles. The zero-order chi connectivity index (χ0) is 9.26. The molecule has 2 nitrogen and oxygen atoms in total. The lowest BCUT2D eigenvalue weighted by Gasteiger charge is -2.09. The summed E-state index contributed by atoms with van der Waals surface area (Å²) < 4.78 is 0. The fraction of sp³-hybridized carbons (Fsp3) is 0.400. The van der Waals surface area contributed by atoms with Gasteiger partial charge in [-0.3, -0.25) is 0 Å². The first-order valence-electron chi connectivity index (χ1n) is 4.55. The molecule has 0 spiro atoms. The summed E-state index contributed by atoms with van der Waals surface area (Å²) in [7, 11) is 0. The van der Waals surface area contributed by atoms with Gasteiger partial charge in [0.1, 0.15) is 0 Å². The van der Waals surface area contributed by atoms with Crippen LogP contribution in [0.4, 0.5) is 5.69 Å². The Labute approximate surface area is 83.1 Å². The predicted octanol–water partition coefficient (Wildman–Crippen LogP) is 2.20. The maximum atomic E-state index is 6.12. The minimum Gasteiger partial charge on any atom is -0.384 e. The second-order valence-corrected chi connectivity index (χ2v) is 3.76. The van der Waals surface area contributed by atoms with E-state index in [1.165, 1.54) is 11.3 Å². The first-order chi connectivity index (χ1) is 6.33. The molecule has 0 saturated carbocycles. The number of benzene rings is 1. The van der Waals surface area contributed by atoms with Crippen LogP contribution in [-0.4, -0.2) is 13.1 Å². The maximum Gasteiger partial charge on any atom is 0.0462 e. The number of rotatable bonds is 2. The first-order valence-corrected chi connectivity index (χ1v) is 4.93. The Morgan fingerprint density at radius 1 is 1.54 bits per heavy atom. The van der Waals surface area contributed by atoms with Crippen LogP contribution in [0.25, 0.3) is 0 Å². The summed E-state index contributed by atoms with van der Waals surface area (Å²) in [6.07, 6.45) is 1.00. The van der Waals surface area contributed by atoms with Gasteiger partial charge < -0.3 is 11.1 Å². The standard InChI is InChI=1S/C10H13ClN2/c11-8-2-1-3-9-10(8)7(4-5-12)6-13-9/h1-3,7,13H,4-6,12H2. The Bertz CT molecular complexity index is 310. The molecular formula is C10H13ClN2. The highest BCUT2D eigenvalue weighted by molar-refractivity contribution is 6.31. The van der Waals surface area contributed by atoms with Crippen molar-refractivity contribution in [3.63, 3.8) is 0 Å². The molecule has 0 saturated heterocycles. The normalized spacial score (nSPS) is 19.7. The molecule has 1 aromatic carbocycles. The zero-order valence-electron chi connectivity index (χ0n) is 7.39. The number of hydrogen-bond acceptors (Lipinski definition) is 2. The number of halogens is 1. The van der Waals surface area contributed by atoms with Crippen molar-refractivity contribution >= 4 is 17.3 Å². The fourth-order valence-electron chi connectivity index (χ4n) is 1.89. The van der Waals surface area contributed by atoms with E-state index < -0.39 is 0 Å². The fourth-order valence-corrected chi connectivity index (χ4v) is 2.22. The van der Waals surface area contributed by atoms with E-state index in [0.29, 0.717) is 5.92 Å². The smallest absolute Gasteiger partial charge is 0.0462 e. The SMILES string of the molecule is NCCC1CNc2cccc(Cl)c21. The molecule has 0 aromatic heterocycles. The van der Waals surface area contributed by atoms with Gasteiger partial charge in [0.05, 0.1) is 0 Å². The average molecular weight is 197 g/mol. The van der Waals surface area contributed by atoms with E-state index in [2.05, 4.69) is 11.4 Å². The lowest BCUT2D eigenvalue weighted by Crippen LogP contribution is -2.09. The first kappa shape index (κ1) is 8.85. The van der Waals surface area contributed by atoms with Gasteiger partial charge in [-0.2, -0.15) is 0 Å². The Balaban J connectivity index is 2.34. The van der Waals surface area contributed by atoms with E-state index in [9.17, 15) is 0 Å². The summed E-state index contributed by atoms with van der Waals surface area (Å²) >= 11 is 6.12. The molecule has 1 aliphatic rings. The van der Waals surface area contributed by atoms with Gasteiger partial charge in [0.25, 0.3) is 0 Å². The highest BCUT2D eigenvalue weighted by atomic mass is 35.5. The summed E-state index contributed by atoms with van der Waals surface area (Å²) in [5.74, 6) is 0.494. The number of nitrogens with one attached hydrogen (secondary N) is 1. The van der Waals surface area contributed by atoms with Crippen LogP contribution in [0.1, 0.15) is 17.9 Å². The van der Waals surface area contributed by atoms with Gasteiger partial charge in [-0.15, -0.1) is 0 Å². The molecule has 1 aromatic rings. The largest absolute Gasteiger partial charge is 0.384 e. The molecule has 70 valence electrons. The van der Waals surface area contributed by atoms with Crippen LogP contribution in [-0.2, 0) is 0 Å². The van der Waals surface area contributed by atoms with E-state index in [4.69, 9.17) is 17.3 Å². The molecule has 2 rings (SSSR count). The molecule has 0 amide bonds. The third kappa shape index (κ3) is 1.52. The lowest BCUT2D eigenvalue weighted by atomic mass is 9.98. The quantitative estimate of drug-likeness (QED) is 0.761. The van der Waals surface area contributed by atoms with Crippen LogP contribution in [0.3, 0.4) is 0 Å². The Morgan fingerprint density at radius 2 is 2.38 bits per heavy atom. The average Bonchev–Trinajstić information content (AvgIpc) is 2.51. The maximum absolute atomic E-state index is 6.12. The summed E-state index contributed by atoms with van der Waals surface area (Å²) in [6, 6.07) is 5.98. The van der Waals surface area contributed by atoms with Crippen molar-refractivity contribution in [1.82, 2.24) is 0 Å². The highest BCUT2D eigenvalue weighted by Gasteiger charge is 2.23. The van der Waals surface area contributed by atoms with Crippen molar-refractivity contribution in [1.29, 1.82) is 0 Å². The van der Waals surface area contributed by atoms with Crippen LogP contribution in [0, 0.1) is 0 Å². The second kappa shape index (κ2) is 3.56. The third-order valence-corrected chi connectivity index (χ3v) is 2.84. The summed E-state index contributed by atoms with van der Waals surface area (Å²) in [4.78, 5) is 0. The van der Waals surface area contributed by atoms with Crippen LogP contribution < -0.4 is 11.1 Å². The summed E-state index contributed by atoms with van der Waals surface area (Å²) in [5, 5.41) is 4.20. The number of hydrogen-bond donors (Lipinski definition) is 2. The van der Waals surface area contributed by atoms with E-state index in [1.807, 2.05) is 12.1 Å². The topological polar surface area (TPSA) is 38.0 Å². The van der Waals surface area contributed by atoms with E-state index in [0.717, 1.165) is 24.5 Å². The van der Waals surface area contributed by atoms with Crippen LogP contribution >= 0.6 is 11.6 Å². The molecule has 0 radical (unpaired) electrons. The molecule has 1 heterocycles. The number of fused-ring (bicyclic) bond motifs is 1. The van der Waals surface area contributed by atoms with E-state index in [1.54, 1.807) is 0 Å². The Hall–Kier alpha value is -0.730. The summed E-state index contributed by atoms with van der Waals surface area (Å²) in [6.45, 7) is 1.69. The van der Waals surface area contributed by atoms with Gasteiger partial charge in [0.15, 0.2) is 0 Å². The molecule has 3 N–H and O–H groups in total. The van der Waals surface area contributed by atoms with E-state index in [-0.39, 0.29) is 0 Å². The zero-order valence-corrected chi connectivity index (χ0v) is 8.14. The van der Waals surface area contributed by atoms with Crippen molar-refractivity contribution in [2.75, 3.05) is 18.4 Å². The number of anilines is 1. The third-order valence-electron chi connectivity index (χ3n) is 2.52. The monoisotopic (exact) mass is 196 g/mol. The molecule has 1 unspecified atom stereocenters. The summed E-state index contributed by atoms with van der Waals surface area (Å²) in [5.41, 5.74) is 7.96. The second-order valence-electron chi connectivity index (χ2n) is 3.36. The molecule has 3 heteroatoms. The molecular weight excluding hydrogens is 184 g/mol. The predicted molar refractivity (Wildman–Crippen MR) is 56.4 cm³/mol. The molecule has 1 aliphatic heterocycles. The van der Waals surface area contributed by atoms with E-state index >= 15 is 0 Å². The van der Waals surface area contributed by atoms with Crippen molar-refractivity contribution in [3.8, 4) is 0 Å². The van der Waals surface area contributed by atoms with Gasteiger partial charge in [-0.1, -0.05) is 17.7 Å². The molecule has 0 fully saturated rings. The van der Waals surface area contributed by atoms with Gasteiger partial charge in [-0.25, -0.2) is 0 Å². The molecule has 1 atom stereocenters. The molecule has 0 bridgehead atoms. The van der Waals surface area contributed by atoms with Gasteiger partial charge in [-0.05, 0) is 30.7 Å². The minimum absolute atomic E-state index is 0.494. The minimum atomic E-state index is 0.494. The van der Waals surface area contributed by atoms with Crippen molar-refractivity contribution in [3.05, 3.63) is 28.8 Å². The van der Waals surface area contributed by atoms with Crippen LogP contribution in [0.2, 0.25) is 5.02 Å². The Kier molecular flexibility index (Phi) is 2.42. The molecule has 13 heavy (non-hydrogen) atoms.